The van der Waals surface area contributed by atoms with E-state index >= 15 is 0 Å². The molecule has 110 valence electrons. The highest BCUT2D eigenvalue weighted by molar-refractivity contribution is 5.78. The average molecular weight is 278 g/mol. The SMILES string of the molecule is Cc1cccc(C)c1OC[C@@H](O)CN1CCNC(=O)C1. The molecule has 0 aromatic heterocycles. The lowest BCUT2D eigenvalue weighted by Crippen LogP contribution is -2.50. The second kappa shape index (κ2) is 6.72. The lowest BCUT2D eigenvalue weighted by Gasteiger charge is -2.28. The maximum Gasteiger partial charge on any atom is 0.234 e. The average Bonchev–Trinajstić information content (AvgIpc) is 2.38. The Balaban J connectivity index is 1.83. The van der Waals surface area contributed by atoms with Gasteiger partial charge in [0, 0.05) is 19.6 Å². The number of nitrogens with zero attached hydrogens (tertiary/aromatic N) is 1. The molecule has 1 atom stereocenters. The quantitative estimate of drug-likeness (QED) is 0.822. The van der Waals surface area contributed by atoms with E-state index in [2.05, 4.69) is 5.32 Å². The summed E-state index contributed by atoms with van der Waals surface area (Å²) in [5.74, 6) is 0.849. The van der Waals surface area contributed by atoms with Crippen LogP contribution in [0.25, 0.3) is 0 Å². The third kappa shape index (κ3) is 3.95. The molecule has 0 saturated carbocycles. The van der Waals surface area contributed by atoms with E-state index in [0.29, 0.717) is 19.6 Å². The van der Waals surface area contributed by atoms with Gasteiger partial charge in [0.1, 0.15) is 18.5 Å². The Morgan fingerprint density at radius 1 is 1.40 bits per heavy atom. The van der Waals surface area contributed by atoms with Gasteiger partial charge < -0.3 is 15.2 Å². The molecule has 1 aromatic carbocycles. The van der Waals surface area contributed by atoms with Crippen LogP contribution in [-0.4, -0.2) is 54.8 Å². The molecule has 2 rings (SSSR count). The molecule has 1 heterocycles. The van der Waals surface area contributed by atoms with Gasteiger partial charge in [-0.25, -0.2) is 0 Å². The largest absolute Gasteiger partial charge is 0.490 e. The second-order valence-corrected chi connectivity index (χ2v) is 5.27. The molecule has 0 radical (unpaired) electrons. The zero-order valence-corrected chi connectivity index (χ0v) is 12.1. The van der Waals surface area contributed by atoms with Crippen LogP contribution in [0.5, 0.6) is 5.75 Å². The molecule has 1 amide bonds. The number of para-hydroxylation sites is 1. The number of piperazine rings is 1. The molecular weight excluding hydrogens is 256 g/mol. The standard InChI is InChI=1S/C15H22N2O3/c1-11-4-3-5-12(2)15(11)20-10-13(18)8-17-7-6-16-14(19)9-17/h3-5,13,18H,6-10H2,1-2H3,(H,16,19)/t13-/m0/s1. The van der Waals surface area contributed by atoms with E-state index in [1.807, 2.05) is 36.9 Å². The van der Waals surface area contributed by atoms with Crippen LogP contribution in [0.3, 0.4) is 0 Å². The van der Waals surface area contributed by atoms with Crippen LogP contribution < -0.4 is 10.1 Å². The number of benzene rings is 1. The van der Waals surface area contributed by atoms with E-state index in [9.17, 15) is 9.90 Å². The number of nitrogens with one attached hydrogen (secondary N) is 1. The summed E-state index contributed by atoms with van der Waals surface area (Å²) in [4.78, 5) is 13.2. The number of β-amino-alcohol motifs (C(OH)–C–C–N with tert-alkyl or cyclic N) is 1. The van der Waals surface area contributed by atoms with Gasteiger partial charge in [0.15, 0.2) is 0 Å². The monoisotopic (exact) mass is 278 g/mol. The molecule has 20 heavy (non-hydrogen) atoms. The summed E-state index contributed by atoms with van der Waals surface area (Å²) < 4.78 is 5.72. The van der Waals surface area contributed by atoms with Crippen LogP contribution >= 0.6 is 0 Å². The lowest BCUT2D eigenvalue weighted by atomic mass is 10.1. The predicted molar refractivity (Wildman–Crippen MR) is 76.9 cm³/mol. The van der Waals surface area contributed by atoms with Gasteiger partial charge in [-0.2, -0.15) is 0 Å². The summed E-state index contributed by atoms with van der Waals surface area (Å²) in [6.45, 7) is 6.44. The van der Waals surface area contributed by atoms with Crippen LogP contribution in [0.2, 0.25) is 0 Å². The Labute approximate surface area is 119 Å². The van der Waals surface area contributed by atoms with Gasteiger partial charge in [0.2, 0.25) is 5.91 Å². The number of carbonyl (C=O) groups excluding carboxylic acids is 1. The topological polar surface area (TPSA) is 61.8 Å². The number of amides is 1. The zero-order valence-electron chi connectivity index (χ0n) is 12.1. The fraction of sp³-hybridized carbons (Fsp3) is 0.533. The van der Waals surface area contributed by atoms with Gasteiger partial charge >= 0.3 is 0 Å². The molecule has 1 saturated heterocycles. The van der Waals surface area contributed by atoms with Crippen LogP contribution in [0.4, 0.5) is 0 Å². The minimum atomic E-state index is -0.597. The maximum atomic E-state index is 11.3. The Morgan fingerprint density at radius 2 is 2.10 bits per heavy atom. The minimum Gasteiger partial charge on any atom is -0.490 e. The van der Waals surface area contributed by atoms with Gasteiger partial charge in [0.05, 0.1) is 6.54 Å². The van der Waals surface area contributed by atoms with Crippen LogP contribution in [0.15, 0.2) is 18.2 Å². The number of hydrogen-bond acceptors (Lipinski definition) is 4. The van der Waals surface area contributed by atoms with E-state index in [0.717, 1.165) is 23.4 Å². The van der Waals surface area contributed by atoms with E-state index in [1.54, 1.807) is 0 Å². The van der Waals surface area contributed by atoms with E-state index in [-0.39, 0.29) is 12.5 Å². The molecule has 0 unspecified atom stereocenters. The molecule has 2 N–H and O–H groups in total. The van der Waals surface area contributed by atoms with E-state index in [4.69, 9.17) is 4.74 Å². The minimum absolute atomic E-state index is 0.0131. The molecule has 0 aliphatic carbocycles. The van der Waals surface area contributed by atoms with Gasteiger partial charge in [-0.3, -0.25) is 9.69 Å². The number of ether oxygens (including phenoxy) is 1. The van der Waals surface area contributed by atoms with Gasteiger partial charge in [-0.1, -0.05) is 18.2 Å². The summed E-state index contributed by atoms with van der Waals surface area (Å²) in [5.41, 5.74) is 2.13. The number of hydrogen-bond donors (Lipinski definition) is 2. The van der Waals surface area contributed by atoms with Crippen molar-refractivity contribution < 1.29 is 14.6 Å². The summed E-state index contributed by atoms with van der Waals surface area (Å²) in [6.07, 6.45) is -0.597. The molecule has 1 fully saturated rings. The highest BCUT2D eigenvalue weighted by Gasteiger charge is 2.19. The highest BCUT2D eigenvalue weighted by Crippen LogP contribution is 2.22. The van der Waals surface area contributed by atoms with Crippen LogP contribution in [0, 0.1) is 13.8 Å². The second-order valence-electron chi connectivity index (χ2n) is 5.27. The Morgan fingerprint density at radius 3 is 2.75 bits per heavy atom. The molecule has 1 aliphatic rings. The van der Waals surface area contributed by atoms with Crippen molar-refractivity contribution in [3.05, 3.63) is 29.3 Å². The number of aliphatic hydroxyl groups is 1. The molecule has 0 spiro atoms. The van der Waals surface area contributed by atoms with Crippen LogP contribution in [0.1, 0.15) is 11.1 Å². The fourth-order valence-electron chi connectivity index (χ4n) is 2.40. The smallest absolute Gasteiger partial charge is 0.234 e. The van der Waals surface area contributed by atoms with Crippen molar-refractivity contribution in [2.24, 2.45) is 0 Å². The maximum absolute atomic E-state index is 11.3. The number of aliphatic hydroxyl groups excluding tert-OH is 1. The molecular formula is C15H22N2O3. The van der Waals surface area contributed by atoms with Crippen molar-refractivity contribution in [2.75, 3.05) is 32.8 Å². The molecule has 5 nitrogen and oxygen atoms in total. The first-order valence-electron chi connectivity index (χ1n) is 6.92. The summed E-state index contributed by atoms with van der Waals surface area (Å²) in [7, 11) is 0. The summed E-state index contributed by atoms with van der Waals surface area (Å²) in [6, 6.07) is 5.97. The van der Waals surface area contributed by atoms with Crippen molar-refractivity contribution in [1.29, 1.82) is 0 Å². The summed E-state index contributed by atoms with van der Waals surface area (Å²) in [5, 5.41) is 12.8. The first kappa shape index (κ1) is 14.8. The first-order chi connectivity index (χ1) is 9.56. The van der Waals surface area contributed by atoms with Crippen LogP contribution in [-0.2, 0) is 4.79 Å². The molecule has 1 aliphatic heterocycles. The number of aryl methyl sites for hydroxylation is 2. The van der Waals surface area contributed by atoms with Crippen molar-refractivity contribution in [2.45, 2.75) is 20.0 Å². The van der Waals surface area contributed by atoms with Gasteiger partial charge in [0.25, 0.3) is 0 Å². The van der Waals surface area contributed by atoms with Crippen molar-refractivity contribution in [3.63, 3.8) is 0 Å². The van der Waals surface area contributed by atoms with Crippen molar-refractivity contribution >= 4 is 5.91 Å². The highest BCUT2D eigenvalue weighted by atomic mass is 16.5. The molecule has 1 aromatic rings. The predicted octanol–water partition coefficient (Wildman–Crippen LogP) is 0.475. The number of carbonyl (C=O) groups is 1. The summed E-state index contributed by atoms with van der Waals surface area (Å²) >= 11 is 0. The van der Waals surface area contributed by atoms with E-state index in [1.165, 1.54) is 0 Å². The fourth-order valence-corrected chi connectivity index (χ4v) is 2.40. The third-order valence-corrected chi connectivity index (χ3v) is 3.42. The Kier molecular flexibility index (Phi) is 4.98. The Bertz CT molecular complexity index is 456. The Hall–Kier alpha value is -1.59. The van der Waals surface area contributed by atoms with Crippen molar-refractivity contribution in [3.8, 4) is 5.75 Å². The molecule has 0 bridgehead atoms. The number of rotatable bonds is 5. The third-order valence-electron chi connectivity index (χ3n) is 3.42. The molecule has 5 heteroatoms. The normalized spacial score (nSPS) is 17.6. The van der Waals surface area contributed by atoms with Crippen molar-refractivity contribution in [1.82, 2.24) is 10.2 Å². The van der Waals surface area contributed by atoms with Gasteiger partial charge in [-0.05, 0) is 25.0 Å². The van der Waals surface area contributed by atoms with Gasteiger partial charge in [-0.15, -0.1) is 0 Å². The lowest BCUT2D eigenvalue weighted by molar-refractivity contribution is -0.124. The van der Waals surface area contributed by atoms with E-state index < -0.39 is 6.10 Å². The first-order valence-corrected chi connectivity index (χ1v) is 6.92. The zero-order chi connectivity index (χ0) is 14.5.